The van der Waals surface area contributed by atoms with E-state index in [1.54, 1.807) is 11.3 Å². The second kappa shape index (κ2) is 5.55. The number of aryl methyl sites for hydroxylation is 1. The molecule has 1 rings (SSSR count). The van der Waals surface area contributed by atoms with Crippen LogP contribution in [0.25, 0.3) is 0 Å². The van der Waals surface area contributed by atoms with E-state index in [0.29, 0.717) is 12.2 Å². The number of ketones is 1. The molecule has 1 aromatic rings. The van der Waals surface area contributed by atoms with Crippen molar-refractivity contribution < 1.29 is 4.79 Å². The van der Waals surface area contributed by atoms with Gasteiger partial charge in [0.1, 0.15) is 5.78 Å². The molecule has 1 heterocycles. The Bertz CT molecular complexity index is 280. The van der Waals surface area contributed by atoms with Gasteiger partial charge in [0.25, 0.3) is 0 Å². The molecule has 0 aliphatic heterocycles. The van der Waals surface area contributed by atoms with Crippen LogP contribution < -0.4 is 0 Å². The van der Waals surface area contributed by atoms with Crippen molar-refractivity contribution in [2.75, 3.05) is 0 Å². The molecule has 0 aliphatic carbocycles. The lowest BCUT2D eigenvalue weighted by Crippen LogP contribution is -1.95. The second-order valence-corrected chi connectivity index (χ2v) is 4.79. The van der Waals surface area contributed by atoms with Crippen molar-refractivity contribution in [2.45, 2.75) is 32.6 Å². The van der Waals surface area contributed by atoms with Crippen molar-refractivity contribution in [1.29, 1.82) is 0 Å². The highest BCUT2D eigenvalue weighted by Crippen LogP contribution is 2.24. The first kappa shape index (κ1) is 10.9. The molecule has 0 saturated heterocycles. The molecule has 72 valence electrons. The third-order valence-electron chi connectivity index (χ3n) is 1.94. The minimum absolute atomic E-state index is 0.368. The number of thiophene rings is 1. The van der Waals surface area contributed by atoms with E-state index in [-0.39, 0.29) is 0 Å². The summed E-state index contributed by atoms with van der Waals surface area (Å²) in [5.41, 5.74) is 0. The Morgan fingerprint density at radius 1 is 1.62 bits per heavy atom. The maximum absolute atomic E-state index is 11.0. The van der Waals surface area contributed by atoms with E-state index in [1.807, 2.05) is 6.92 Å². The van der Waals surface area contributed by atoms with E-state index in [0.717, 1.165) is 19.3 Å². The highest BCUT2D eigenvalue weighted by molar-refractivity contribution is 9.10. The van der Waals surface area contributed by atoms with Crippen LogP contribution in [0.3, 0.4) is 0 Å². The van der Waals surface area contributed by atoms with Gasteiger partial charge in [-0.25, -0.2) is 0 Å². The van der Waals surface area contributed by atoms with Crippen LogP contribution in [0, 0.1) is 0 Å². The van der Waals surface area contributed by atoms with Gasteiger partial charge in [-0.05, 0) is 40.2 Å². The van der Waals surface area contributed by atoms with E-state index in [4.69, 9.17) is 0 Å². The molecule has 0 bridgehead atoms. The number of halogens is 1. The molecular weight excluding hydrogens is 248 g/mol. The van der Waals surface area contributed by atoms with Gasteiger partial charge in [-0.15, -0.1) is 11.3 Å². The molecule has 0 atom stereocenters. The summed E-state index contributed by atoms with van der Waals surface area (Å²) < 4.78 is 1.18. The Labute approximate surface area is 91.3 Å². The van der Waals surface area contributed by atoms with E-state index < -0.39 is 0 Å². The summed E-state index contributed by atoms with van der Waals surface area (Å²) in [6.45, 7) is 1.92. The van der Waals surface area contributed by atoms with Crippen LogP contribution in [-0.2, 0) is 11.2 Å². The number of carbonyl (C=O) groups excluding carboxylic acids is 1. The van der Waals surface area contributed by atoms with Gasteiger partial charge >= 0.3 is 0 Å². The molecule has 0 aliphatic rings. The molecule has 0 radical (unpaired) electrons. The normalized spacial score (nSPS) is 10.3. The van der Waals surface area contributed by atoms with Crippen LogP contribution in [0.5, 0.6) is 0 Å². The first-order chi connectivity index (χ1) is 6.24. The minimum atomic E-state index is 0.368. The quantitative estimate of drug-likeness (QED) is 0.787. The molecule has 0 spiro atoms. The molecule has 0 amide bonds. The molecule has 13 heavy (non-hydrogen) atoms. The molecule has 0 saturated carbocycles. The summed E-state index contributed by atoms with van der Waals surface area (Å²) in [6.07, 6.45) is 3.39. The van der Waals surface area contributed by atoms with Gasteiger partial charge in [0.15, 0.2) is 0 Å². The lowest BCUT2D eigenvalue weighted by Gasteiger charge is -1.97. The van der Waals surface area contributed by atoms with E-state index in [2.05, 4.69) is 27.4 Å². The maximum atomic E-state index is 11.0. The van der Waals surface area contributed by atoms with Crippen LogP contribution in [0.2, 0.25) is 0 Å². The van der Waals surface area contributed by atoms with Crippen molar-refractivity contribution in [3.8, 4) is 0 Å². The lowest BCUT2D eigenvalue weighted by atomic mass is 10.1. The van der Waals surface area contributed by atoms with Crippen LogP contribution in [0.4, 0.5) is 0 Å². The topological polar surface area (TPSA) is 17.1 Å². The molecular formula is C10H13BrOS. The van der Waals surface area contributed by atoms with Gasteiger partial charge in [-0.2, -0.15) is 0 Å². The average molecular weight is 261 g/mol. The number of carbonyl (C=O) groups is 1. The highest BCUT2D eigenvalue weighted by atomic mass is 79.9. The first-order valence-electron chi connectivity index (χ1n) is 4.47. The summed E-state index contributed by atoms with van der Waals surface area (Å²) in [4.78, 5) is 12.4. The Kier molecular flexibility index (Phi) is 4.67. The van der Waals surface area contributed by atoms with Gasteiger partial charge in [0, 0.05) is 22.2 Å². The first-order valence-corrected chi connectivity index (χ1v) is 6.15. The Morgan fingerprint density at radius 2 is 2.38 bits per heavy atom. The van der Waals surface area contributed by atoms with Gasteiger partial charge in [0.2, 0.25) is 0 Å². The molecule has 0 unspecified atom stereocenters. The summed E-state index contributed by atoms with van der Waals surface area (Å²) in [7, 11) is 0. The van der Waals surface area contributed by atoms with Crippen LogP contribution >= 0.6 is 27.3 Å². The summed E-state index contributed by atoms with van der Waals surface area (Å²) >= 11 is 5.23. The zero-order valence-corrected chi connectivity index (χ0v) is 10.1. The van der Waals surface area contributed by atoms with E-state index in [9.17, 15) is 4.79 Å². The van der Waals surface area contributed by atoms with Crippen molar-refractivity contribution in [3.05, 3.63) is 20.8 Å². The monoisotopic (exact) mass is 260 g/mol. The number of hydrogen-bond acceptors (Lipinski definition) is 2. The molecule has 0 fully saturated rings. The summed E-state index contributed by atoms with van der Waals surface area (Å²) in [6, 6.07) is 2.06. The van der Waals surface area contributed by atoms with Crippen molar-refractivity contribution in [2.24, 2.45) is 0 Å². The minimum Gasteiger partial charge on any atom is -0.300 e. The fourth-order valence-corrected chi connectivity index (χ4v) is 2.72. The molecule has 0 N–H and O–H groups in total. The Morgan fingerprint density at radius 3 is 2.92 bits per heavy atom. The van der Waals surface area contributed by atoms with Crippen molar-refractivity contribution in [1.82, 2.24) is 0 Å². The third kappa shape index (κ3) is 3.61. The number of rotatable bonds is 5. The summed E-state index contributed by atoms with van der Waals surface area (Å²) in [5, 5.41) is 2.07. The maximum Gasteiger partial charge on any atom is 0.132 e. The average Bonchev–Trinajstić information content (AvgIpc) is 2.52. The van der Waals surface area contributed by atoms with Crippen LogP contribution in [0.15, 0.2) is 15.9 Å². The number of Topliss-reactive ketones (excluding diaryl/α,β-unsaturated/α-hetero) is 1. The standard InChI is InChI=1S/C10H13BrOS/c1-2-8(12)4-3-5-10-9(11)6-7-13-10/h6-7H,2-5H2,1H3. The van der Waals surface area contributed by atoms with E-state index >= 15 is 0 Å². The Balaban J connectivity index is 2.28. The van der Waals surface area contributed by atoms with Gasteiger partial charge in [0.05, 0.1) is 0 Å². The van der Waals surface area contributed by atoms with E-state index in [1.165, 1.54) is 9.35 Å². The molecule has 1 nitrogen and oxygen atoms in total. The van der Waals surface area contributed by atoms with Crippen LogP contribution in [0.1, 0.15) is 31.1 Å². The molecule has 3 heteroatoms. The van der Waals surface area contributed by atoms with Gasteiger partial charge < -0.3 is 0 Å². The third-order valence-corrected chi connectivity index (χ3v) is 3.93. The van der Waals surface area contributed by atoms with Crippen molar-refractivity contribution in [3.63, 3.8) is 0 Å². The summed E-state index contributed by atoms with van der Waals surface area (Å²) in [5.74, 6) is 0.368. The zero-order chi connectivity index (χ0) is 9.68. The fraction of sp³-hybridized carbons (Fsp3) is 0.500. The highest BCUT2D eigenvalue weighted by Gasteiger charge is 2.02. The SMILES string of the molecule is CCC(=O)CCCc1sccc1Br. The fourth-order valence-electron chi connectivity index (χ4n) is 1.13. The molecule has 0 aromatic carbocycles. The van der Waals surface area contributed by atoms with Gasteiger partial charge in [-0.1, -0.05) is 6.92 Å². The number of hydrogen-bond donors (Lipinski definition) is 0. The smallest absolute Gasteiger partial charge is 0.132 e. The predicted molar refractivity (Wildman–Crippen MR) is 60.3 cm³/mol. The van der Waals surface area contributed by atoms with Gasteiger partial charge in [-0.3, -0.25) is 4.79 Å². The van der Waals surface area contributed by atoms with Crippen LogP contribution in [-0.4, -0.2) is 5.78 Å². The Hall–Kier alpha value is -0.150. The van der Waals surface area contributed by atoms with Crippen molar-refractivity contribution >= 4 is 33.0 Å². The molecule has 1 aromatic heterocycles. The zero-order valence-electron chi connectivity index (χ0n) is 7.68. The largest absolute Gasteiger partial charge is 0.300 e. The second-order valence-electron chi connectivity index (χ2n) is 2.94. The lowest BCUT2D eigenvalue weighted by molar-refractivity contribution is -0.118. The predicted octanol–water partition coefficient (Wildman–Crippen LogP) is 3.81.